The second-order valence-corrected chi connectivity index (χ2v) is 4.34. The number of pyridine rings is 1. The molecule has 0 aliphatic heterocycles. The number of esters is 1. The highest BCUT2D eigenvalue weighted by Gasteiger charge is 2.08. The molecule has 0 radical (unpaired) electrons. The zero-order valence-corrected chi connectivity index (χ0v) is 12.0. The van der Waals surface area contributed by atoms with Crippen LogP contribution in [-0.2, 0) is 16.1 Å². The van der Waals surface area contributed by atoms with Crippen molar-refractivity contribution in [2.24, 2.45) is 0 Å². The van der Waals surface area contributed by atoms with Gasteiger partial charge in [-0.05, 0) is 25.1 Å². The number of hydrogen-bond acceptors (Lipinski definition) is 6. The molecule has 0 aliphatic carbocycles. The molecule has 2 aromatic heterocycles. The molecule has 0 aromatic carbocycles. The van der Waals surface area contributed by atoms with Crippen LogP contribution in [0.15, 0.2) is 35.3 Å². The van der Waals surface area contributed by atoms with Crippen molar-refractivity contribution in [1.29, 1.82) is 0 Å². The average Bonchev–Trinajstić information content (AvgIpc) is 2.45. The van der Waals surface area contributed by atoms with E-state index in [1.807, 2.05) is 0 Å². The van der Waals surface area contributed by atoms with Gasteiger partial charge < -0.3 is 10.1 Å². The Kier molecular flexibility index (Phi) is 4.89. The van der Waals surface area contributed by atoms with Crippen LogP contribution in [0.25, 0.3) is 0 Å². The number of rotatable bonds is 5. The number of nitrogens with zero attached hydrogens (tertiary/aromatic N) is 3. The maximum atomic E-state index is 11.7. The molecular weight excluding hydrogens is 296 g/mol. The average molecular weight is 309 g/mol. The molecule has 0 saturated carbocycles. The van der Waals surface area contributed by atoms with E-state index in [9.17, 15) is 9.59 Å². The van der Waals surface area contributed by atoms with E-state index < -0.39 is 11.5 Å². The highest BCUT2D eigenvalue weighted by atomic mass is 35.5. The van der Waals surface area contributed by atoms with Gasteiger partial charge in [0.1, 0.15) is 6.54 Å². The van der Waals surface area contributed by atoms with Crippen molar-refractivity contribution in [1.82, 2.24) is 14.8 Å². The minimum Gasteiger partial charge on any atom is -0.465 e. The van der Waals surface area contributed by atoms with E-state index in [4.69, 9.17) is 16.3 Å². The number of hydrogen-bond donors (Lipinski definition) is 1. The molecule has 0 saturated heterocycles. The molecule has 2 heterocycles. The van der Waals surface area contributed by atoms with Gasteiger partial charge >= 0.3 is 5.97 Å². The fourth-order valence-electron chi connectivity index (χ4n) is 1.58. The molecule has 21 heavy (non-hydrogen) atoms. The van der Waals surface area contributed by atoms with Crippen LogP contribution in [0, 0.1) is 0 Å². The predicted octanol–water partition coefficient (Wildman–Crippen LogP) is 1.60. The van der Waals surface area contributed by atoms with Crippen LogP contribution in [0.2, 0.25) is 5.15 Å². The minimum absolute atomic E-state index is 0.247. The number of anilines is 2. The van der Waals surface area contributed by atoms with Gasteiger partial charge in [-0.3, -0.25) is 9.59 Å². The Balaban J connectivity index is 2.21. The van der Waals surface area contributed by atoms with Crippen LogP contribution in [-0.4, -0.2) is 27.3 Å². The van der Waals surface area contributed by atoms with Gasteiger partial charge in [0.2, 0.25) is 0 Å². The first-order valence-electron chi connectivity index (χ1n) is 6.21. The molecule has 110 valence electrons. The summed E-state index contributed by atoms with van der Waals surface area (Å²) < 4.78 is 5.81. The van der Waals surface area contributed by atoms with Crippen molar-refractivity contribution in [3.63, 3.8) is 0 Å². The summed E-state index contributed by atoms with van der Waals surface area (Å²) in [5.41, 5.74) is 0.152. The zero-order valence-electron chi connectivity index (χ0n) is 11.2. The van der Waals surface area contributed by atoms with E-state index in [0.29, 0.717) is 11.5 Å². The van der Waals surface area contributed by atoms with Gasteiger partial charge in [0.15, 0.2) is 11.0 Å². The highest BCUT2D eigenvalue weighted by molar-refractivity contribution is 6.32. The van der Waals surface area contributed by atoms with Crippen molar-refractivity contribution >= 4 is 29.1 Å². The van der Waals surface area contributed by atoms with E-state index in [0.717, 1.165) is 4.68 Å². The molecule has 8 heteroatoms. The second kappa shape index (κ2) is 6.85. The molecule has 0 aliphatic rings. The van der Waals surface area contributed by atoms with Crippen molar-refractivity contribution in [2.45, 2.75) is 13.5 Å². The summed E-state index contributed by atoms with van der Waals surface area (Å²) in [6.45, 7) is 1.69. The molecule has 1 N–H and O–H groups in total. The quantitative estimate of drug-likeness (QED) is 0.667. The fourth-order valence-corrected chi connectivity index (χ4v) is 1.74. The molecular formula is C13H13ClN4O3. The summed E-state index contributed by atoms with van der Waals surface area (Å²) in [7, 11) is 0. The SMILES string of the molecule is CCOC(=O)Cn1nc(Nc2cccnc2Cl)ccc1=O. The summed E-state index contributed by atoms with van der Waals surface area (Å²) in [6.07, 6.45) is 1.56. The number of ether oxygens (including phenoxy) is 1. The fraction of sp³-hybridized carbons (Fsp3) is 0.231. The molecule has 2 aromatic rings. The van der Waals surface area contributed by atoms with Crippen LogP contribution in [0.1, 0.15) is 6.92 Å². The zero-order chi connectivity index (χ0) is 15.2. The van der Waals surface area contributed by atoms with Gasteiger partial charge in [-0.25, -0.2) is 9.67 Å². The smallest absolute Gasteiger partial charge is 0.327 e. The van der Waals surface area contributed by atoms with Crippen LogP contribution in [0.3, 0.4) is 0 Å². The van der Waals surface area contributed by atoms with E-state index in [-0.39, 0.29) is 18.3 Å². The van der Waals surface area contributed by atoms with Gasteiger partial charge in [-0.1, -0.05) is 11.6 Å². The summed E-state index contributed by atoms with van der Waals surface area (Å²) in [5.74, 6) is -0.155. The lowest BCUT2D eigenvalue weighted by molar-refractivity contribution is -0.144. The number of aromatic nitrogens is 3. The van der Waals surface area contributed by atoms with Gasteiger partial charge in [0, 0.05) is 12.3 Å². The minimum atomic E-state index is -0.524. The van der Waals surface area contributed by atoms with Crippen molar-refractivity contribution in [3.05, 3.63) is 46.0 Å². The highest BCUT2D eigenvalue weighted by Crippen LogP contribution is 2.20. The Morgan fingerprint density at radius 1 is 1.43 bits per heavy atom. The van der Waals surface area contributed by atoms with Crippen LogP contribution >= 0.6 is 11.6 Å². The van der Waals surface area contributed by atoms with Gasteiger partial charge in [0.25, 0.3) is 5.56 Å². The van der Waals surface area contributed by atoms with Crippen LogP contribution < -0.4 is 10.9 Å². The Bertz CT molecular complexity index is 702. The van der Waals surface area contributed by atoms with E-state index in [1.165, 1.54) is 12.1 Å². The molecule has 2 rings (SSSR count). The normalized spacial score (nSPS) is 10.2. The van der Waals surface area contributed by atoms with E-state index in [1.54, 1.807) is 25.3 Å². The Labute approximate surface area is 125 Å². The number of carbonyl (C=O) groups is 1. The lowest BCUT2D eigenvalue weighted by Gasteiger charge is -2.09. The first-order valence-corrected chi connectivity index (χ1v) is 6.59. The van der Waals surface area contributed by atoms with Gasteiger partial charge in [-0.15, -0.1) is 0 Å². The maximum absolute atomic E-state index is 11.7. The van der Waals surface area contributed by atoms with Crippen LogP contribution in [0.5, 0.6) is 0 Å². The molecule has 7 nitrogen and oxygen atoms in total. The Hall–Kier alpha value is -2.41. The summed E-state index contributed by atoms with van der Waals surface area (Å²) in [5, 5.41) is 7.24. The monoisotopic (exact) mass is 308 g/mol. The standard InChI is InChI=1S/C13H13ClN4O3/c1-2-21-12(20)8-18-11(19)6-5-10(17-18)16-9-4-3-7-15-13(9)14/h3-7H,2,8H2,1H3,(H,16,17). The van der Waals surface area contributed by atoms with E-state index in [2.05, 4.69) is 15.4 Å². The molecule has 0 atom stereocenters. The number of halogens is 1. The molecule has 0 amide bonds. The topological polar surface area (TPSA) is 86.1 Å². The molecule has 0 spiro atoms. The molecule has 0 bridgehead atoms. The first-order chi connectivity index (χ1) is 10.1. The summed E-state index contributed by atoms with van der Waals surface area (Å²) in [6, 6.07) is 6.23. The third-order valence-corrected chi connectivity index (χ3v) is 2.77. The van der Waals surface area contributed by atoms with E-state index >= 15 is 0 Å². The van der Waals surface area contributed by atoms with Gasteiger partial charge in [0.05, 0.1) is 12.3 Å². The lowest BCUT2D eigenvalue weighted by atomic mass is 10.4. The third kappa shape index (κ3) is 4.03. The molecule has 0 unspecified atom stereocenters. The predicted molar refractivity (Wildman–Crippen MR) is 77.7 cm³/mol. The third-order valence-electron chi connectivity index (χ3n) is 2.47. The lowest BCUT2D eigenvalue weighted by Crippen LogP contribution is -2.27. The largest absolute Gasteiger partial charge is 0.465 e. The Morgan fingerprint density at radius 3 is 2.95 bits per heavy atom. The molecule has 0 fully saturated rings. The first kappa shape index (κ1) is 15.0. The maximum Gasteiger partial charge on any atom is 0.327 e. The van der Waals surface area contributed by atoms with Crippen LogP contribution in [0.4, 0.5) is 11.5 Å². The Morgan fingerprint density at radius 2 is 2.24 bits per heavy atom. The van der Waals surface area contributed by atoms with Gasteiger partial charge in [-0.2, -0.15) is 5.10 Å². The van der Waals surface area contributed by atoms with Crippen molar-refractivity contribution < 1.29 is 9.53 Å². The summed E-state index contributed by atoms with van der Waals surface area (Å²) >= 11 is 5.93. The second-order valence-electron chi connectivity index (χ2n) is 3.99. The van der Waals surface area contributed by atoms with Crippen molar-refractivity contribution in [3.8, 4) is 0 Å². The number of nitrogens with one attached hydrogen (secondary N) is 1. The summed E-state index contributed by atoms with van der Waals surface area (Å²) in [4.78, 5) is 27.0. The number of carbonyl (C=O) groups excluding carboxylic acids is 1. The van der Waals surface area contributed by atoms with Crippen molar-refractivity contribution in [2.75, 3.05) is 11.9 Å².